The maximum Gasteiger partial charge on any atom is 0.209 e. The number of rotatable bonds is 0. The van der Waals surface area contributed by atoms with Crippen LogP contribution in [0.1, 0.15) is 11.3 Å². The number of hydrogen-bond acceptors (Lipinski definition) is 2. The molecule has 0 amide bonds. The van der Waals surface area contributed by atoms with E-state index in [9.17, 15) is 0 Å². The lowest BCUT2D eigenvalue weighted by molar-refractivity contribution is 1.06. The molecule has 0 saturated heterocycles. The molecule has 0 atom stereocenters. The molecule has 0 aliphatic heterocycles. The average molecular weight is 311 g/mol. The Kier molecular flexibility index (Phi) is 2.38. The maximum absolute atomic E-state index is 6.19. The van der Waals surface area contributed by atoms with Gasteiger partial charge in [-0.15, -0.1) is 0 Å². The standard InChI is InChI=1S/C12H9BrClN3/c1-6-3-8-10(9(13)4-6)16-12(14)17-7(2)5-15-11(8)17/h3-5H,1-2H3. The van der Waals surface area contributed by atoms with Crippen LogP contribution in [0.4, 0.5) is 0 Å². The Morgan fingerprint density at radius 2 is 2.06 bits per heavy atom. The van der Waals surface area contributed by atoms with Crippen molar-refractivity contribution in [2.75, 3.05) is 0 Å². The third-order valence-electron chi connectivity index (χ3n) is 2.78. The fourth-order valence-corrected chi connectivity index (χ4v) is 2.98. The second-order valence-corrected chi connectivity index (χ2v) is 5.27. The van der Waals surface area contributed by atoms with Crippen molar-refractivity contribution in [2.24, 2.45) is 0 Å². The van der Waals surface area contributed by atoms with Crippen molar-refractivity contribution >= 4 is 44.1 Å². The lowest BCUT2D eigenvalue weighted by Crippen LogP contribution is -1.96. The lowest BCUT2D eigenvalue weighted by atomic mass is 10.1. The van der Waals surface area contributed by atoms with E-state index in [1.807, 2.05) is 24.3 Å². The predicted molar refractivity (Wildman–Crippen MR) is 72.7 cm³/mol. The first-order valence-electron chi connectivity index (χ1n) is 5.17. The fourth-order valence-electron chi connectivity index (χ4n) is 2.02. The third kappa shape index (κ3) is 1.55. The summed E-state index contributed by atoms with van der Waals surface area (Å²) in [5.74, 6) is 0. The van der Waals surface area contributed by atoms with Crippen LogP contribution in [0, 0.1) is 13.8 Å². The number of imidazole rings is 1. The minimum absolute atomic E-state index is 0.437. The van der Waals surface area contributed by atoms with E-state index in [0.717, 1.165) is 32.3 Å². The summed E-state index contributed by atoms with van der Waals surface area (Å²) in [6.45, 7) is 4.01. The topological polar surface area (TPSA) is 30.2 Å². The minimum Gasteiger partial charge on any atom is -0.271 e. The van der Waals surface area contributed by atoms with Crippen LogP contribution in [0.3, 0.4) is 0 Å². The molecule has 0 saturated carbocycles. The summed E-state index contributed by atoms with van der Waals surface area (Å²) >= 11 is 9.70. The van der Waals surface area contributed by atoms with E-state index in [1.165, 1.54) is 0 Å². The first-order valence-corrected chi connectivity index (χ1v) is 6.34. The summed E-state index contributed by atoms with van der Waals surface area (Å²) in [6.07, 6.45) is 1.80. The molecule has 0 aliphatic rings. The largest absolute Gasteiger partial charge is 0.271 e. The Balaban J connectivity index is 2.64. The molecule has 0 radical (unpaired) electrons. The zero-order chi connectivity index (χ0) is 12.2. The maximum atomic E-state index is 6.19. The smallest absolute Gasteiger partial charge is 0.209 e. The zero-order valence-corrected chi connectivity index (χ0v) is 11.7. The van der Waals surface area contributed by atoms with Gasteiger partial charge in [-0.25, -0.2) is 9.97 Å². The summed E-state index contributed by atoms with van der Waals surface area (Å²) < 4.78 is 2.80. The van der Waals surface area contributed by atoms with Crippen LogP contribution < -0.4 is 0 Å². The quantitative estimate of drug-likeness (QED) is 0.589. The number of benzene rings is 1. The van der Waals surface area contributed by atoms with Crippen LogP contribution in [0.15, 0.2) is 22.8 Å². The molecule has 17 heavy (non-hydrogen) atoms. The van der Waals surface area contributed by atoms with E-state index < -0.39 is 0 Å². The van der Waals surface area contributed by atoms with Gasteiger partial charge in [0.25, 0.3) is 0 Å². The summed E-state index contributed by atoms with van der Waals surface area (Å²) in [7, 11) is 0. The van der Waals surface area contributed by atoms with Crippen molar-refractivity contribution in [1.82, 2.24) is 14.4 Å². The first kappa shape index (κ1) is 11.0. The number of nitrogens with zero attached hydrogens (tertiary/aromatic N) is 3. The van der Waals surface area contributed by atoms with Gasteiger partial charge in [0.15, 0.2) is 0 Å². The number of aromatic nitrogens is 3. The van der Waals surface area contributed by atoms with E-state index >= 15 is 0 Å². The van der Waals surface area contributed by atoms with E-state index in [2.05, 4.69) is 32.0 Å². The van der Waals surface area contributed by atoms with Crippen molar-refractivity contribution in [1.29, 1.82) is 0 Å². The van der Waals surface area contributed by atoms with Crippen LogP contribution in [-0.4, -0.2) is 14.4 Å². The SMILES string of the molecule is Cc1cc(Br)c2nc(Cl)n3c(C)cnc3c2c1. The molecule has 3 aromatic rings. The minimum atomic E-state index is 0.437. The molecule has 0 fully saturated rings. The highest BCUT2D eigenvalue weighted by molar-refractivity contribution is 9.10. The molecule has 0 spiro atoms. The summed E-state index contributed by atoms with van der Waals surface area (Å²) in [6, 6.07) is 4.10. The zero-order valence-electron chi connectivity index (χ0n) is 9.33. The molecule has 2 heterocycles. The highest BCUT2D eigenvalue weighted by Crippen LogP contribution is 2.29. The highest BCUT2D eigenvalue weighted by Gasteiger charge is 2.12. The van der Waals surface area contributed by atoms with E-state index in [4.69, 9.17) is 11.6 Å². The number of fused-ring (bicyclic) bond motifs is 3. The van der Waals surface area contributed by atoms with Crippen molar-refractivity contribution in [3.05, 3.63) is 39.3 Å². The Hall–Kier alpha value is -1.13. The number of aryl methyl sites for hydroxylation is 2. The van der Waals surface area contributed by atoms with Crippen LogP contribution in [0.5, 0.6) is 0 Å². The van der Waals surface area contributed by atoms with Gasteiger partial charge in [-0.05, 0) is 59.1 Å². The average Bonchev–Trinajstić information content (AvgIpc) is 2.64. The fraction of sp³-hybridized carbons (Fsp3) is 0.167. The normalized spacial score (nSPS) is 11.5. The predicted octanol–water partition coefficient (Wildman–Crippen LogP) is 3.92. The van der Waals surface area contributed by atoms with E-state index in [1.54, 1.807) is 6.20 Å². The van der Waals surface area contributed by atoms with Crippen molar-refractivity contribution < 1.29 is 0 Å². The van der Waals surface area contributed by atoms with Crippen LogP contribution in [0.2, 0.25) is 5.28 Å². The van der Waals surface area contributed by atoms with Gasteiger partial charge in [0, 0.05) is 21.7 Å². The molecule has 3 rings (SSSR count). The van der Waals surface area contributed by atoms with Gasteiger partial charge in [0.05, 0.1) is 5.52 Å². The molecule has 0 aliphatic carbocycles. The van der Waals surface area contributed by atoms with Crippen molar-refractivity contribution in [3.63, 3.8) is 0 Å². The molecule has 2 aromatic heterocycles. The Morgan fingerprint density at radius 1 is 1.29 bits per heavy atom. The van der Waals surface area contributed by atoms with Gasteiger partial charge in [-0.1, -0.05) is 0 Å². The number of halogens is 2. The monoisotopic (exact) mass is 309 g/mol. The summed E-state index contributed by atoms with van der Waals surface area (Å²) in [5.41, 5.74) is 3.84. The van der Waals surface area contributed by atoms with Gasteiger partial charge in [-0.3, -0.25) is 4.40 Å². The molecule has 3 nitrogen and oxygen atoms in total. The lowest BCUT2D eigenvalue weighted by Gasteiger charge is -2.06. The first-order chi connectivity index (χ1) is 8.08. The molecule has 0 unspecified atom stereocenters. The summed E-state index contributed by atoms with van der Waals surface area (Å²) in [5, 5.41) is 1.45. The molecule has 86 valence electrons. The van der Waals surface area contributed by atoms with Gasteiger partial charge in [-0.2, -0.15) is 0 Å². The van der Waals surface area contributed by atoms with Crippen LogP contribution in [-0.2, 0) is 0 Å². The Morgan fingerprint density at radius 3 is 2.82 bits per heavy atom. The van der Waals surface area contributed by atoms with Gasteiger partial charge in [0.2, 0.25) is 5.28 Å². The molecule has 5 heteroatoms. The second kappa shape index (κ2) is 3.68. The Labute approximate surface area is 112 Å². The Bertz CT molecular complexity index is 748. The molecular formula is C12H9BrClN3. The van der Waals surface area contributed by atoms with Gasteiger partial charge in [0.1, 0.15) is 5.65 Å². The van der Waals surface area contributed by atoms with Gasteiger partial charge >= 0.3 is 0 Å². The summed E-state index contributed by atoms with van der Waals surface area (Å²) in [4.78, 5) is 8.83. The van der Waals surface area contributed by atoms with Crippen molar-refractivity contribution in [3.8, 4) is 0 Å². The number of hydrogen-bond donors (Lipinski definition) is 0. The van der Waals surface area contributed by atoms with Crippen LogP contribution >= 0.6 is 27.5 Å². The van der Waals surface area contributed by atoms with Crippen molar-refractivity contribution in [2.45, 2.75) is 13.8 Å². The second-order valence-electron chi connectivity index (χ2n) is 4.08. The molecular weight excluding hydrogens is 302 g/mol. The van der Waals surface area contributed by atoms with E-state index in [-0.39, 0.29) is 0 Å². The van der Waals surface area contributed by atoms with E-state index in [0.29, 0.717) is 5.28 Å². The van der Waals surface area contributed by atoms with Gasteiger partial charge < -0.3 is 0 Å². The molecule has 0 N–H and O–H groups in total. The van der Waals surface area contributed by atoms with Crippen LogP contribution in [0.25, 0.3) is 16.6 Å². The third-order valence-corrected chi connectivity index (χ3v) is 3.63. The molecule has 0 bridgehead atoms. The molecule has 1 aromatic carbocycles. The highest BCUT2D eigenvalue weighted by atomic mass is 79.9.